The number of nitrogens with zero attached hydrogens (tertiary/aromatic N) is 4. The van der Waals surface area contributed by atoms with Crippen LogP contribution < -0.4 is 0 Å². The van der Waals surface area contributed by atoms with Crippen LogP contribution in [0.1, 0.15) is 32.5 Å². The molecule has 2 heterocycles. The van der Waals surface area contributed by atoms with Crippen molar-refractivity contribution >= 4 is 35.3 Å². The molecule has 3 aromatic rings. The average Bonchev–Trinajstić information content (AvgIpc) is 3.12. The summed E-state index contributed by atoms with van der Waals surface area (Å²) in [7, 11) is 0. The summed E-state index contributed by atoms with van der Waals surface area (Å²) in [5, 5.41) is 8.58. The quantitative estimate of drug-likeness (QED) is 0.497. The van der Waals surface area contributed by atoms with Crippen molar-refractivity contribution < 1.29 is 4.52 Å². The molecule has 0 aliphatic heterocycles. The van der Waals surface area contributed by atoms with Gasteiger partial charge in [0, 0.05) is 5.41 Å². The van der Waals surface area contributed by atoms with Crippen LogP contribution in [0.5, 0.6) is 0 Å². The Labute approximate surface area is 147 Å². The van der Waals surface area contributed by atoms with Crippen molar-refractivity contribution in [2.75, 3.05) is 0 Å². The van der Waals surface area contributed by atoms with Crippen molar-refractivity contribution in [3.05, 3.63) is 46.0 Å². The summed E-state index contributed by atoms with van der Waals surface area (Å²) in [6, 6.07) is 9.88. The van der Waals surface area contributed by atoms with Gasteiger partial charge in [-0.1, -0.05) is 67.2 Å². The lowest BCUT2D eigenvalue weighted by atomic mass is 9.97. The highest BCUT2D eigenvalue weighted by atomic mass is 32.2. The molecule has 0 unspecified atom stereocenters. The molecular weight excluding hydrogens is 348 g/mol. The van der Waals surface area contributed by atoms with Crippen molar-refractivity contribution in [3.8, 4) is 5.69 Å². The van der Waals surface area contributed by atoms with Gasteiger partial charge in [0.1, 0.15) is 0 Å². The number of aromatic nitrogens is 4. The molecule has 8 heteroatoms. The minimum absolute atomic E-state index is 0.138. The first-order chi connectivity index (χ1) is 10.9. The summed E-state index contributed by atoms with van der Waals surface area (Å²) in [6.07, 6.45) is 0. The van der Waals surface area contributed by atoms with Gasteiger partial charge in [0.05, 0.1) is 11.4 Å². The van der Waals surface area contributed by atoms with E-state index in [1.165, 1.54) is 11.3 Å². The summed E-state index contributed by atoms with van der Waals surface area (Å²) < 4.78 is 8.69. The summed E-state index contributed by atoms with van der Waals surface area (Å²) >= 11 is 8.44. The molecule has 3 rings (SSSR count). The maximum Gasteiger partial charge on any atom is 0.232 e. The molecular formula is C15H16N4OS3. The second kappa shape index (κ2) is 6.54. The Kier molecular flexibility index (Phi) is 4.65. The molecule has 2 aromatic heterocycles. The summed E-state index contributed by atoms with van der Waals surface area (Å²) in [6.45, 7) is 6.14. The van der Waals surface area contributed by atoms with Gasteiger partial charge in [0.2, 0.25) is 5.89 Å². The van der Waals surface area contributed by atoms with Gasteiger partial charge in [-0.2, -0.15) is 4.98 Å². The summed E-state index contributed by atoms with van der Waals surface area (Å²) in [4.78, 5) is 4.43. The lowest BCUT2D eigenvalue weighted by Gasteiger charge is -2.10. The Bertz CT molecular complexity index is 845. The Morgan fingerprint density at radius 3 is 2.65 bits per heavy atom. The van der Waals surface area contributed by atoms with Gasteiger partial charge in [-0.15, -0.1) is 5.10 Å². The van der Waals surface area contributed by atoms with Crippen molar-refractivity contribution in [1.29, 1.82) is 0 Å². The van der Waals surface area contributed by atoms with E-state index >= 15 is 0 Å². The molecule has 0 atom stereocenters. The first kappa shape index (κ1) is 16.4. The number of para-hydroxylation sites is 1. The largest absolute Gasteiger partial charge is 0.339 e. The van der Waals surface area contributed by atoms with Gasteiger partial charge in [-0.25, -0.2) is 4.68 Å². The fourth-order valence-corrected chi connectivity index (χ4v) is 4.00. The van der Waals surface area contributed by atoms with Crippen molar-refractivity contribution in [3.63, 3.8) is 0 Å². The zero-order chi connectivity index (χ0) is 16.4. The van der Waals surface area contributed by atoms with Gasteiger partial charge < -0.3 is 4.52 Å². The van der Waals surface area contributed by atoms with E-state index in [1.807, 2.05) is 51.1 Å². The van der Waals surface area contributed by atoms with Gasteiger partial charge in [0.15, 0.2) is 14.1 Å². The molecule has 0 saturated carbocycles. The molecule has 1 aromatic carbocycles. The van der Waals surface area contributed by atoms with Crippen LogP contribution in [0, 0.1) is 3.95 Å². The number of benzene rings is 1. The van der Waals surface area contributed by atoms with E-state index in [1.54, 1.807) is 16.4 Å². The SMILES string of the molecule is CC(C)(C)c1nc(CSc2nn(-c3ccccc3)c(=S)s2)no1. The van der Waals surface area contributed by atoms with E-state index in [2.05, 4.69) is 15.2 Å². The van der Waals surface area contributed by atoms with Gasteiger partial charge in [-0.3, -0.25) is 0 Å². The smallest absolute Gasteiger partial charge is 0.232 e. The number of hydrogen-bond donors (Lipinski definition) is 0. The van der Waals surface area contributed by atoms with E-state index in [4.69, 9.17) is 16.7 Å². The maximum absolute atomic E-state index is 5.39. The first-order valence-corrected chi connectivity index (χ1v) is 9.26. The molecule has 120 valence electrons. The minimum atomic E-state index is -0.138. The van der Waals surface area contributed by atoms with Crippen molar-refractivity contribution in [2.45, 2.75) is 36.3 Å². The lowest BCUT2D eigenvalue weighted by molar-refractivity contribution is 0.319. The predicted molar refractivity (Wildman–Crippen MR) is 94.8 cm³/mol. The normalized spacial score (nSPS) is 11.8. The van der Waals surface area contributed by atoms with E-state index in [0.717, 1.165) is 14.0 Å². The molecule has 0 fully saturated rings. The van der Waals surface area contributed by atoms with Crippen LogP contribution in [0.3, 0.4) is 0 Å². The monoisotopic (exact) mass is 364 g/mol. The zero-order valence-electron chi connectivity index (χ0n) is 13.0. The molecule has 0 amide bonds. The fourth-order valence-electron chi connectivity index (χ4n) is 1.79. The minimum Gasteiger partial charge on any atom is -0.339 e. The van der Waals surface area contributed by atoms with Crippen LogP contribution in [-0.2, 0) is 11.2 Å². The maximum atomic E-state index is 5.39. The fraction of sp³-hybridized carbons (Fsp3) is 0.333. The Balaban J connectivity index is 1.72. The third-order valence-electron chi connectivity index (χ3n) is 2.96. The third-order valence-corrected chi connectivity index (χ3v) is 5.33. The molecule has 0 N–H and O–H groups in total. The van der Waals surface area contributed by atoms with Crippen LogP contribution in [0.4, 0.5) is 0 Å². The number of hydrogen-bond acceptors (Lipinski definition) is 7. The van der Waals surface area contributed by atoms with Crippen LogP contribution in [0.2, 0.25) is 0 Å². The van der Waals surface area contributed by atoms with Crippen LogP contribution in [0.15, 0.2) is 39.2 Å². The second-order valence-electron chi connectivity index (χ2n) is 5.94. The first-order valence-electron chi connectivity index (χ1n) is 7.05. The highest BCUT2D eigenvalue weighted by Crippen LogP contribution is 2.27. The van der Waals surface area contributed by atoms with E-state index in [9.17, 15) is 0 Å². The van der Waals surface area contributed by atoms with E-state index in [-0.39, 0.29) is 5.41 Å². The zero-order valence-corrected chi connectivity index (χ0v) is 15.5. The van der Waals surface area contributed by atoms with Gasteiger partial charge >= 0.3 is 0 Å². The Hall–Kier alpha value is -1.51. The molecule has 5 nitrogen and oxygen atoms in total. The molecule has 23 heavy (non-hydrogen) atoms. The van der Waals surface area contributed by atoms with E-state index in [0.29, 0.717) is 17.5 Å². The third kappa shape index (κ3) is 3.88. The molecule has 0 aliphatic carbocycles. The highest BCUT2D eigenvalue weighted by Gasteiger charge is 2.21. The molecule has 0 saturated heterocycles. The average molecular weight is 365 g/mol. The second-order valence-corrected chi connectivity index (χ2v) is 8.78. The molecule has 0 bridgehead atoms. The predicted octanol–water partition coefficient (Wildman–Crippen LogP) is 4.64. The van der Waals surface area contributed by atoms with Crippen LogP contribution >= 0.6 is 35.3 Å². The van der Waals surface area contributed by atoms with Crippen molar-refractivity contribution in [1.82, 2.24) is 19.9 Å². The molecule has 0 radical (unpaired) electrons. The van der Waals surface area contributed by atoms with Crippen molar-refractivity contribution in [2.24, 2.45) is 0 Å². The van der Waals surface area contributed by atoms with Crippen LogP contribution in [0.25, 0.3) is 5.69 Å². The van der Waals surface area contributed by atoms with E-state index < -0.39 is 0 Å². The topological polar surface area (TPSA) is 56.7 Å². The Morgan fingerprint density at radius 1 is 1.26 bits per heavy atom. The number of thioether (sulfide) groups is 1. The molecule has 0 aliphatic rings. The lowest BCUT2D eigenvalue weighted by Crippen LogP contribution is -2.11. The van der Waals surface area contributed by atoms with Crippen LogP contribution in [-0.4, -0.2) is 19.9 Å². The van der Waals surface area contributed by atoms with Gasteiger partial charge in [0.25, 0.3) is 0 Å². The molecule has 0 spiro atoms. The summed E-state index contributed by atoms with van der Waals surface area (Å²) in [5.41, 5.74) is 0.830. The number of rotatable bonds is 4. The summed E-state index contributed by atoms with van der Waals surface area (Å²) in [5.74, 6) is 1.93. The highest BCUT2D eigenvalue weighted by molar-refractivity contribution is 8.00. The standard InChI is InChI=1S/C15H16N4OS3/c1-15(2,3)12-16-11(18-20-12)9-22-13-17-19(14(21)23-13)10-7-5-4-6-8-10/h4-8H,9H2,1-3H3. The van der Waals surface area contributed by atoms with Gasteiger partial charge in [-0.05, 0) is 24.4 Å². The Morgan fingerprint density at radius 2 is 2.00 bits per heavy atom.